The van der Waals surface area contributed by atoms with Gasteiger partial charge in [0.25, 0.3) is 0 Å². The second-order valence-electron chi connectivity index (χ2n) is 7.25. The smallest absolute Gasteiger partial charge is 0.319 e. The second kappa shape index (κ2) is 9.43. The van der Waals surface area contributed by atoms with Crippen molar-refractivity contribution < 1.29 is 9.53 Å². The van der Waals surface area contributed by atoms with Crippen molar-refractivity contribution in [3.63, 3.8) is 0 Å². The summed E-state index contributed by atoms with van der Waals surface area (Å²) < 4.78 is 7.61. The van der Waals surface area contributed by atoms with Crippen molar-refractivity contribution in [3.8, 4) is 17.0 Å². The lowest BCUT2D eigenvalue weighted by atomic mass is 9.94. The van der Waals surface area contributed by atoms with Crippen LogP contribution in [0, 0.1) is 0 Å². The highest BCUT2D eigenvalue weighted by atomic mass is 16.5. The maximum Gasteiger partial charge on any atom is 0.319 e. The van der Waals surface area contributed by atoms with E-state index in [1.807, 2.05) is 43.3 Å². The van der Waals surface area contributed by atoms with Crippen molar-refractivity contribution in [3.05, 3.63) is 60.0 Å². The van der Waals surface area contributed by atoms with E-state index in [4.69, 9.17) is 9.84 Å². The number of anilines is 1. The molecule has 7 heteroatoms. The van der Waals surface area contributed by atoms with Crippen LogP contribution >= 0.6 is 0 Å². The zero-order chi connectivity index (χ0) is 20.8. The minimum absolute atomic E-state index is 0.252. The van der Waals surface area contributed by atoms with E-state index < -0.39 is 0 Å². The molecular formula is C23H27N5O2. The Morgan fingerprint density at radius 2 is 1.93 bits per heavy atom. The van der Waals surface area contributed by atoms with E-state index in [2.05, 4.69) is 20.3 Å². The largest absolute Gasteiger partial charge is 0.492 e. The highest BCUT2D eigenvalue weighted by Gasteiger charge is 2.21. The number of hydrogen-bond acceptors (Lipinski definition) is 4. The van der Waals surface area contributed by atoms with Gasteiger partial charge in [-0.05, 0) is 56.9 Å². The maximum absolute atomic E-state index is 12.4. The van der Waals surface area contributed by atoms with Crippen LogP contribution in [0.5, 0.6) is 5.75 Å². The van der Waals surface area contributed by atoms with E-state index in [0.717, 1.165) is 24.1 Å². The number of carbonyl (C=O) groups is 1. The Morgan fingerprint density at radius 3 is 2.77 bits per heavy atom. The Kier molecular flexibility index (Phi) is 6.27. The van der Waals surface area contributed by atoms with Gasteiger partial charge in [0.2, 0.25) is 0 Å². The van der Waals surface area contributed by atoms with Crippen molar-refractivity contribution in [2.45, 2.75) is 39.2 Å². The second-order valence-corrected chi connectivity index (χ2v) is 7.25. The molecule has 3 aromatic rings. The quantitative estimate of drug-likeness (QED) is 0.622. The third kappa shape index (κ3) is 4.45. The summed E-state index contributed by atoms with van der Waals surface area (Å²) in [5.41, 5.74) is 5.43. The van der Waals surface area contributed by atoms with Crippen molar-refractivity contribution >= 4 is 11.7 Å². The first-order chi connectivity index (χ1) is 14.8. The van der Waals surface area contributed by atoms with E-state index in [9.17, 15) is 4.79 Å². The summed E-state index contributed by atoms with van der Waals surface area (Å²) in [4.78, 5) is 16.5. The molecule has 0 atom stereocenters. The highest BCUT2D eigenvalue weighted by Crippen LogP contribution is 2.31. The molecule has 30 heavy (non-hydrogen) atoms. The fraction of sp³-hybridized carbons (Fsp3) is 0.348. The van der Waals surface area contributed by atoms with Gasteiger partial charge in [-0.15, -0.1) is 0 Å². The third-order valence-electron chi connectivity index (χ3n) is 5.25. The summed E-state index contributed by atoms with van der Waals surface area (Å²) >= 11 is 0. The van der Waals surface area contributed by atoms with Crippen LogP contribution in [0.15, 0.2) is 48.8 Å². The number of nitrogens with zero attached hydrogens (tertiary/aromatic N) is 3. The molecule has 0 saturated heterocycles. The monoisotopic (exact) mass is 405 g/mol. The van der Waals surface area contributed by atoms with E-state index in [1.165, 1.54) is 24.1 Å². The number of para-hydroxylation sites is 2. The molecule has 1 aliphatic rings. The van der Waals surface area contributed by atoms with Crippen molar-refractivity contribution in [1.82, 2.24) is 20.1 Å². The zero-order valence-corrected chi connectivity index (χ0v) is 17.2. The van der Waals surface area contributed by atoms with Gasteiger partial charge in [-0.25, -0.2) is 4.79 Å². The molecule has 2 N–H and O–H groups in total. The SMILES string of the molecule is CCOc1ccccc1NC(=O)NCCn1nc(-c2ccncc2)c2c1CCCC2. The first-order valence-electron chi connectivity index (χ1n) is 10.5. The van der Waals surface area contributed by atoms with Crippen LogP contribution in [-0.2, 0) is 19.4 Å². The van der Waals surface area contributed by atoms with Crippen LogP contribution in [0.2, 0.25) is 0 Å². The number of benzene rings is 1. The van der Waals surface area contributed by atoms with E-state index in [-0.39, 0.29) is 6.03 Å². The molecule has 0 saturated carbocycles. The van der Waals surface area contributed by atoms with Crippen LogP contribution in [0.3, 0.4) is 0 Å². The predicted molar refractivity (Wildman–Crippen MR) is 117 cm³/mol. The van der Waals surface area contributed by atoms with Gasteiger partial charge in [0.05, 0.1) is 24.5 Å². The molecular weight excluding hydrogens is 378 g/mol. The first-order valence-corrected chi connectivity index (χ1v) is 10.5. The average molecular weight is 406 g/mol. The van der Waals surface area contributed by atoms with Crippen LogP contribution < -0.4 is 15.4 Å². The molecule has 1 aromatic carbocycles. The summed E-state index contributed by atoms with van der Waals surface area (Å²) in [5.74, 6) is 0.665. The van der Waals surface area contributed by atoms with Crippen molar-refractivity contribution in [2.24, 2.45) is 0 Å². The molecule has 0 bridgehead atoms. The van der Waals surface area contributed by atoms with Crippen LogP contribution in [0.4, 0.5) is 10.5 Å². The summed E-state index contributed by atoms with van der Waals surface area (Å²) in [5, 5.41) is 10.7. The third-order valence-corrected chi connectivity index (χ3v) is 5.25. The van der Waals surface area contributed by atoms with Gasteiger partial charge in [0.15, 0.2) is 0 Å². The molecule has 0 radical (unpaired) electrons. The molecule has 7 nitrogen and oxygen atoms in total. The number of carbonyl (C=O) groups excluding carboxylic acids is 1. The summed E-state index contributed by atoms with van der Waals surface area (Å²) in [6.45, 7) is 3.59. The van der Waals surface area contributed by atoms with E-state index >= 15 is 0 Å². The van der Waals surface area contributed by atoms with Gasteiger partial charge in [-0.3, -0.25) is 9.67 Å². The molecule has 1 aliphatic carbocycles. The van der Waals surface area contributed by atoms with Crippen LogP contribution in [0.1, 0.15) is 31.0 Å². The lowest BCUT2D eigenvalue weighted by Gasteiger charge is -2.15. The normalized spacial score (nSPS) is 12.8. The summed E-state index contributed by atoms with van der Waals surface area (Å²) in [7, 11) is 0. The number of hydrogen-bond donors (Lipinski definition) is 2. The van der Waals surface area contributed by atoms with E-state index in [1.54, 1.807) is 12.4 Å². The van der Waals surface area contributed by atoms with Gasteiger partial charge in [-0.1, -0.05) is 12.1 Å². The Balaban J connectivity index is 1.41. The molecule has 2 amide bonds. The lowest BCUT2D eigenvalue weighted by Crippen LogP contribution is -2.32. The fourth-order valence-corrected chi connectivity index (χ4v) is 3.89. The minimum atomic E-state index is -0.252. The number of ether oxygens (including phenoxy) is 1. The molecule has 0 aliphatic heterocycles. The number of urea groups is 1. The van der Waals surface area contributed by atoms with Crippen molar-refractivity contribution in [1.29, 1.82) is 0 Å². The number of rotatable bonds is 7. The highest BCUT2D eigenvalue weighted by molar-refractivity contribution is 5.90. The molecule has 4 rings (SSSR count). The average Bonchev–Trinajstić information content (AvgIpc) is 3.15. The molecule has 0 spiro atoms. The Bertz CT molecular complexity index is 1000. The first kappa shape index (κ1) is 19.9. The van der Waals surface area contributed by atoms with Crippen LogP contribution in [-0.4, -0.2) is 33.9 Å². The predicted octanol–water partition coefficient (Wildman–Crippen LogP) is 4.04. The Labute approximate surface area is 176 Å². The topological polar surface area (TPSA) is 81.1 Å². The standard InChI is InChI=1S/C23H27N5O2/c1-2-30-21-10-6-4-8-19(21)26-23(29)25-15-16-28-20-9-5-3-7-18(20)22(27-28)17-11-13-24-14-12-17/h4,6,8,10-14H,2-3,5,7,9,15-16H2,1H3,(H2,25,26,29). The number of pyridine rings is 1. The van der Waals surface area contributed by atoms with Gasteiger partial charge in [0, 0.05) is 35.8 Å². The van der Waals surface area contributed by atoms with Crippen LogP contribution in [0.25, 0.3) is 11.3 Å². The van der Waals surface area contributed by atoms with Gasteiger partial charge >= 0.3 is 6.03 Å². The van der Waals surface area contributed by atoms with E-state index in [0.29, 0.717) is 31.1 Å². The number of fused-ring (bicyclic) bond motifs is 1. The zero-order valence-electron chi connectivity index (χ0n) is 17.2. The lowest BCUT2D eigenvalue weighted by molar-refractivity contribution is 0.251. The van der Waals surface area contributed by atoms with Gasteiger partial charge in [-0.2, -0.15) is 5.10 Å². The van der Waals surface area contributed by atoms with Gasteiger partial charge in [0.1, 0.15) is 5.75 Å². The summed E-state index contributed by atoms with van der Waals surface area (Å²) in [6.07, 6.45) is 8.05. The molecule has 0 unspecified atom stereocenters. The van der Waals surface area contributed by atoms with Gasteiger partial charge < -0.3 is 15.4 Å². The molecule has 2 aromatic heterocycles. The molecule has 2 heterocycles. The number of amides is 2. The Morgan fingerprint density at radius 1 is 1.13 bits per heavy atom. The number of nitrogens with one attached hydrogen (secondary N) is 2. The van der Waals surface area contributed by atoms with Crippen molar-refractivity contribution in [2.75, 3.05) is 18.5 Å². The molecule has 156 valence electrons. The minimum Gasteiger partial charge on any atom is -0.492 e. The number of aromatic nitrogens is 3. The summed E-state index contributed by atoms with van der Waals surface area (Å²) in [6, 6.07) is 11.2. The maximum atomic E-state index is 12.4. The Hall–Kier alpha value is -3.35. The fourth-order valence-electron chi connectivity index (χ4n) is 3.89. The molecule has 0 fully saturated rings.